The van der Waals surface area contributed by atoms with Crippen LogP contribution in [0.15, 0.2) is 30.3 Å². The molecule has 0 saturated heterocycles. The molecule has 0 bridgehead atoms. The third-order valence-electron chi connectivity index (χ3n) is 2.59. The molecular weight excluding hydrogens is 286 g/mol. The van der Waals surface area contributed by atoms with Crippen LogP contribution >= 0.6 is 11.6 Å². The summed E-state index contributed by atoms with van der Waals surface area (Å²) in [5.41, 5.74) is -0.143. The fourth-order valence-electron chi connectivity index (χ4n) is 1.67. The van der Waals surface area contributed by atoms with E-state index in [1.54, 1.807) is 18.2 Å². The lowest BCUT2D eigenvalue weighted by atomic mass is 10.2. The monoisotopic (exact) mass is 294 g/mol. The lowest BCUT2D eigenvalue weighted by Gasteiger charge is -2.13. The highest BCUT2D eigenvalue weighted by Gasteiger charge is 2.13. The molecule has 0 aliphatic carbocycles. The van der Waals surface area contributed by atoms with Crippen molar-refractivity contribution < 1.29 is 13.5 Å². The molecule has 0 radical (unpaired) electrons. The molecule has 6 heteroatoms. The van der Waals surface area contributed by atoms with Crippen LogP contribution in [0.1, 0.15) is 5.56 Å². The fraction of sp³-hybridized carbons (Fsp3) is 0.0714. The minimum absolute atomic E-state index is 0.0939. The van der Waals surface area contributed by atoms with Gasteiger partial charge < -0.3 is 10.1 Å². The number of ether oxygens (including phenoxy) is 1. The first-order valence-corrected chi connectivity index (χ1v) is 5.92. The SMILES string of the molecule is COc1ccc(Cl)cc1Nc1c(F)cc(C#N)cc1F. The summed E-state index contributed by atoms with van der Waals surface area (Å²) in [5.74, 6) is -1.36. The quantitative estimate of drug-likeness (QED) is 0.921. The summed E-state index contributed by atoms with van der Waals surface area (Å²) < 4.78 is 32.7. The number of hydrogen-bond donors (Lipinski definition) is 1. The summed E-state index contributed by atoms with van der Waals surface area (Å²) >= 11 is 5.84. The Balaban J connectivity index is 2.45. The molecule has 0 unspecified atom stereocenters. The van der Waals surface area contributed by atoms with Crippen molar-refractivity contribution >= 4 is 23.0 Å². The van der Waals surface area contributed by atoms with E-state index in [4.69, 9.17) is 21.6 Å². The fourth-order valence-corrected chi connectivity index (χ4v) is 1.84. The Morgan fingerprint density at radius 1 is 1.20 bits per heavy atom. The van der Waals surface area contributed by atoms with Crippen LogP contribution in [-0.2, 0) is 0 Å². The summed E-state index contributed by atoms with van der Waals surface area (Å²) in [5, 5.41) is 11.6. The van der Waals surface area contributed by atoms with E-state index in [2.05, 4.69) is 5.32 Å². The van der Waals surface area contributed by atoms with Gasteiger partial charge in [-0.15, -0.1) is 0 Å². The highest BCUT2D eigenvalue weighted by atomic mass is 35.5. The van der Waals surface area contributed by atoms with Crippen molar-refractivity contribution in [3.63, 3.8) is 0 Å². The average Bonchev–Trinajstić information content (AvgIpc) is 2.42. The molecule has 0 atom stereocenters. The van der Waals surface area contributed by atoms with Gasteiger partial charge in [-0.2, -0.15) is 5.26 Å². The van der Waals surface area contributed by atoms with Crippen LogP contribution in [0.25, 0.3) is 0 Å². The second-order valence-electron chi connectivity index (χ2n) is 3.90. The van der Waals surface area contributed by atoms with Gasteiger partial charge in [0.25, 0.3) is 0 Å². The summed E-state index contributed by atoms with van der Waals surface area (Å²) in [4.78, 5) is 0. The summed E-state index contributed by atoms with van der Waals surface area (Å²) in [7, 11) is 1.43. The van der Waals surface area contributed by atoms with Crippen LogP contribution in [-0.4, -0.2) is 7.11 Å². The largest absolute Gasteiger partial charge is 0.495 e. The predicted molar refractivity (Wildman–Crippen MR) is 72.4 cm³/mol. The minimum Gasteiger partial charge on any atom is -0.495 e. The van der Waals surface area contributed by atoms with Gasteiger partial charge in [-0.25, -0.2) is 8.78 Å². The van der Waals surface area contributed by atoms with Gasteiger partial charge in [0.15, 0.2) is 11.6 Å². The second-order valence-corrected chi connectivity index (χ2v) is 4.33. The van der Waals surface area contributed by atoms with Crippen molar-refractivity contribution in [2.24, 2.45) is 0 Å². The van der Waals surface area contributed by atoms with E-state index >= 15 is 0 Å². The summed E-state index contributed by atoms with van der Waals surface area (Å²) in [6.45, 7) is 0. The van der Waals surface area contributed by atoms with Gasteiger partial charge in [-0.05, 0) is 30.3 Å². The lowest BCUT2D eigenvalue weighted by Crippen LogP contribution is -2.00. The van der Waals surface area contributed by atoms with E-state index in [0.717, 1.165) is 12.1 Å². The van der Waals surface area contributed by atoms with Gasteiger partial charge in [-0.3, -0.25) is 0 Å². The molecule has 0 saturated carbocycles. The molecule has 20 heavy (non-hydrogen) atoms. The van der Waals surface area contributed by atoms with E-state index in [1.165, 1.54) is 13.2 Å². The molecule has 0 spiro atoms. The van der Waals surface area contributed by atoms with Gasteiger partial charge >= 0.3 is 0 Å². The number of nitrogens with one attached hydrogen (secondary N) is 1. The highest BCUT2D eigenvalue weighted by molar-refractivity contribution is 6.31. The molecule has 0 fully saturated rings. The second kappa shape index (κ2) is 5.76. The zero-order valence-corrected chi connectivity index (χ0v) is 11.1. The highest BCUT2D eigenvalue weighted by Crippen LogP contribution is 2.32. The molecular formula is C14H9ClF2N2O. The maximum absolute atomic E-state index is 13.8. The molecule has 2 aromatic carbocycles. The molecule has 0 aliphatic rings. The smallest absolute Gasteiger partial charge is 0.150 e. The maximum atomic E-state index is 13.8. The van der Waals surface area contributed by atoms with Crippen LogP contribution < -0.4 is 10.1 Å². The Bertz CT molecular complexity index is 675. The van der Waals surface area contributed by atoms with Crippen molar-refractivity contribution in [2.45, 2.75) is 0 Å². The third-order valence-corrected chi connectivity index (χ3v) is 2.83. The van der Waals surface area contributed by atoms with E-state index in [9.17, 15) is 8.78 Å². The Hall–Kier alpha value is -2.32. The van der Waals surface area contributed by atoms with Crippen molar-refractivity contribution in [1.82, 2.24) is 0 Å². The van der Waals surface area contributed by atoms with Crippen LogP contribution in [0.5, 0.6) is 5.75 Å². The van der Waals surface area contributed by atoms with Crippen LogP contribution in [0.4, 0.5) is 20.2 Å². The van der Waals surface area contributed by atoms with Gasteiger partial charge in [0.1, 0.15) is 11.4 Å². The van der Waals surface area contributed by atoms with Gasteiger partial charge in [-0.1, -0.05) is 11.6 Å². The van der Waals surface area contributed by atoms with E-state index in [1.807, 2.05) is 0 Å². The number of anilines is 2. The molecule has 0 amide bonds. The Morgan fingerprint density at radius 2 is 1.85 bits per heavy atom. The maximum Gasteiger partial charge on any atom is 0.150 e. The van der Waals surface area contributed by atoms with E-state index < -0.39 is 11.6 Å². The third kappa shape index (κ3) is 2.81. The number of nitriles is 1. The van der Waals surface area contributed by atoms with E-state index in [-0.39, 0.29) is 11.3 Å². The molecule has 0 aliphatic heterocycles. The van der Waals surface area contributed by atoms with Gasteiger partial charge in [0, 0.05) is 5.02 Å². The number of hydrogen-bond acceptors (Lipinski definition) is 3. The summed E-state index contributed by atoms with van der Waals surface area (Å²) in [6, 6.07) is 8.22. The Labute approximate surface area is 119 Å². The normalized spacial score (nSPS) is 9.95. The van der Waals surface area contributed by atoms with E-state index in [0.29, 0.717) is 16.5 Å². The van der Waals surface area contributed by atoms with Crippen molar-refractivity contribution in [3.8, 4) is 11.8 Å². The molecule has 102 valence electrons. The number of methoxy groups -OCH3 is 1. The summed E-state index contributed by atoms with van der Waals surface area (Å²) in [6.07, 6.45) is 0. The van der Waals surface area contributed by atoms with Crippen molar-refractivity contribution in [1.29, 1.82) is 5.26 Å². The topological polar surface area (TPSA) is 45.0 Å². The van der Waals surface area contributed by atoms with Gasteiger partial charge in [0.05, 0.1) is 24.4 Å². The first-order valence-electron chi connectivity index (χ1n) is 5.55. The Kier molecular flexibility index (Phi) is 4.06. The van der Waals surface area contributed by atoms with Crippen molar-refractivity contribution in [3.05, 3.63) is 52.6 Å². The molecule has 1 N–H and O–H groups in total. The van der Waals surface area contributed by atoms with Crippen LogP contribution in [0.2, 0.25) is 5.02 Å². The number of halogens is 3. The number of nitrogens with zero attached hydrogens (tertiary/aromatic N) is 1. The average molecular weight is 295 g/mol. The number of benzene rings is 2. The zero-order valence-electron chi connectivity index (χ0n) is 10.4. The van der Waals surface area contributed by atoms with Crippen LogP contribution in [0, 0.1) is 23.0 Å². The molecule has 2 rings (SSSR count). The van der Waals surface area contributed by atoms with Gasteiger partial charge in [0.2, 0.25) is 0 Å². The number of rotatable bonds is 3. The minimum atomic E-state index is -0.872. The predicted octanol–water partition coefficient (Wildman–Crippen LogP) is 4.24. The Morgan fingerprint density at radius 3 is 2.40 bits per heavy atom. The molecule has 0 aromatic heterocycles. The molecule has 0 heterocycles. The standard InChI is InChI=1S/C14H9ClF2N2O/c1-20-13-3-2-9(15)6-12(13)19-14-10(16)4-8(7-18)5-11(14)17/h2-6,19H,1H3. The lowest BCUT2D eigenvalue weighted by molar-refractivity contribution is 0.416. The van der Waals surface area contributed by atoms with Crippen LogP contribution in [0.3, 0.4) is 0 Å². The zero-order chi connectivity index (χ0) is 14.7. The van der Waals surface area contributed by atoms with Crippen molar-refractivity contribution in [2.75, 3.05) is 12.4 Å². The molecule has 3 nitrogen and oxygen atoms in total. The first-order chi connectivity index (χ1) is 9.55. The molecule has 2 aromatic rings. The first kappa shape index (κ1) is 14.1.